The Morgan fingerprint density at radius 2 is 1.95 bits per heavy atom. The quantitative estimate of drug-likeness (QED) is 0.802. The van der Waals surface area contributed by atoms with E-state index in [2.05, 4.69) is 11.4 Å². The number of carbonyl (C=O) groups excluding carboxylic acids is 2. The van der Waals surface area contributed by atoms with Crippen LogP contribution in [-0.4, -0.2) is 29.3 Å². The number of carbonyl (C=O) groups is 2. The Balaban J connectivity index is 3.00. The van der Waals surface area contributed by atoms with Gasteiger partial charge in [0, 0.05) is 19.5 Å². The number of likely N-dealkylation sites (N-methyl/N-ethyl adjacent to an activating group) is 1. The molecule has 0 radical (unpaired) electrons. The fourth-order valence-electron chi connectivity index (χ4n) is 2.58. The molecule has 1 atom stereocenters. The van der Waals surface area contributed by atoms with Crippen LogP contribution in [0.2, 0.25) is 0 Å². The van der Waals surface area contributed by atoms with Crippen molar-refractivity contribution in [1.29, 1.82) is 0 Å². The van der Waals surface area contributed by atoms with E-state index in [4.69, 9.17) is 0 Å². The number of nitrogens with one attached hydrogen (secondary N) is 1. The van der Waals surface area contributed by atoms with Crippen molar-refractivity contribution in [3.05, 3.63) is 35.4 Å². The second kappa shape index (κ2) is 9.23. The van der Waals surface area contributed by atoms with E-state index in [-0.39, 0.29) is 11.8 Å². The zero-order valence-corrected chi connectivity index (χ0v) is 14.2. The predicted molar refractivity (Wildman–Crippen MR) is 89.4 cm³/mol. The van der Waals surface area contributed by atoms with Gasteiger partial charge >= 0.3 is 0 Å². The summed E-state index contributed by atoms with van der Waals surface area (Å²) in [6, 6.07) is 7.68. The van der Waals surface area contributed by atoms with Crippen molar-refractivity contribution in [2.24, 2.45) is 0 Å². The number of amides is 2. The number of hydrogen-bond acceptors (Lipinski definition) is 2. The minimum atomic E-state index is -0.403. The summed E-state index contributed by atoms with van der Waals surface area (Å²) in [5.74, 6) is -0.0239. The summed E-state index contributed by atoms with van der Waals surface area (Å²) >= 11 is 0. The first kappa shape index (κ1) is 18.2. The highest BCUT2D eigenvalue weighted by Crippen LogP contribution is 2.15. The Labute approximate surface area is 133 Å². The fourth-order valence-corrected chi connectivity index (χ4v) is 2.58. The predicted octanol–water partition coefficient (Wildman–Crippen LogP) is 3.04. The van der Waals surface area contributed by atoms with E-state index in [1.54, 1.807) is 4.90 Å². The Hall–Kier alpha value is -1.84. The molecule has 0 aliphatic rings. The second-order valence-corrected chi connectivity index (χ2v) is 5.58. The Morgan fingerprint density at radius 3 is 2.50 bits per heavy atom. The van der Waals surface area contributed by atoms with Gasteiger partial charge in [0.05, 0.1) is 0 Å². The third kappa shape index (κ3) is 5.17. The zero-order chi connectivity index (χ0) is 16.5. The SMILES string of the molecule is CCCC(=O)N(Cc1cccc(C)c1)[C@@H](CC)C(=O)NCC. The van der Waals surface area contributed by atoms with Gasteiger partial charge in [-0.05, 0) is 32.3 Å². The van der Waals surface area contributed by atoms with Crippen LogP contribution >= 0.6 is 0 Å². The van der Waals surface area contributed by atoms with Gasteiger partial charge < -0.3 is 10.2 Å². The van der Waals surface area contributed by atoms with Crippen LogP contribution in [0.15, 0.2) is 24.3 Å². The van der Waals surface area contributed by atoms with Gasteiger partial charge in [0.15, 0.2) is 0 Å². The topological polar surface area (TPSA) is 49.4 Å². The molecule has 0 heterocycles. The lowest BCUT2D eigenvalue weighted by Crippen LogP contribution is -2.48. The normalized spacial score (nSPS) is 11.8. The molecule has 1 N–H and O–H groups in total. The second-order valence-electron chi connectivity index (χ2n) is 5.58. The van der Waals surface area contributed by atoms with Crippen molar-refractivity contribution in [3.63, 3.8) is 0 Å². The van der Waals surface area contributed by atoms with Gasteiger partial charge in [-0.1, -0.05) is 43.7 Å². The number of rotatable bonds is 8. The standard InChI is InChI=1S/C18H28N2O2/c1-5-9-17(21)20(16(6-2)18(22)19-7-3)13-15-11-8-10-14(4)12-15/h8,10-12,16H,5-7,9,13H2,1-4H3,(H,19,22)/t16-/m0/s1. The van der Waals surface area contributed by atoms with Gasteiger partial charge in [0.2, 0.25) is 11.8 Å². The van der Waals surface area contributed by atoms with Crippen LogP contribution in [0.25, 0.3) is 0 Å². The van der Waals surface area contributed by atoms with E-state index < -0.39 is 6.04 Å². The lowest BCUT2D eigenvalue weighted by atomic mass is 10.1. The monoisotopic (exact) mass is 304 g/mol. The van der Waals surface area contributed by atoms with Gasteiger partial charge in [-0.2, -0.15) is 0 Å². The highest BCUT2D eigenvalue weighted by atomic mass is 16.2. The number of aryl methyl sites for hydroxylation is 1. The molecule has 4 nitrogen and oxygen atoms in total. The van der Waals surface area contributed by atoms with Crippen LogP contribution in [0.3, 0.4) is 0 Å². The van der Waals surface area contributed by atoms with Gasteiger partial charge in [0.1, 0.15) is 6.04 Å². The molecule has 0 aliphatic heterocycles. The molecule has 22 heavy (non-hydrogen) atoms. The van der Waals surface area contributed by atoms with E-state index in [9.17, 15) is 9.59 Å². The van der Waals surface area contributed by atoms with E-state index in [1.807, 2.05) is 45.9 Å². The molecule has 0 aliphatic carbocycles. The third-order valence-corrected chi connectivity index (χ3v) is 3.64. The largest absolute Gasteiger partial charge is 0.355 e. The van der Waals surface area contributed by atoms with Crippen molar-refractivity contribution in [2.75, 3.05) is 6.54 Å². The minimum Gasteiger partial charge on any atom is -0.355 e. The zero-order valence-electron chi connectivity index (χ0n) is 14.2. The van der Waals surface area contributed by atoms with E-state index in [0.29, 0.717) is 25.9 Å². The summed E-state index contributed by atoms with van der Waals surface area (Å²) in [4.78, 5) is 26.5. The average Bonchev–Trinajstić information content (AvgIpc) is 2.47. The molecule has 4 heteroatoms. The number of benzene rings is 1. The molecule has 1 rings (SSSR count). The van der Waals surface area contributed by atoms with E-state index >= 15 is 0 Å². The lowest BCUT2D eigenvalue weighted by molar-refractivity contribution is -0.141. The number of hydrogen-bond donors (Lipinski definition) is 1. The van der Waals surface area contributed by atoms with Crippen molar-refractivity contribution in [1.82, 2.24) is 10.2 Å². The van der Waals surface area contributed by atoms with Gasteiger partial charge in [0.25, 0.3) is 0 Å². The maximum absolute atomic E-state index is 12.5. The van der Waals surface area contributed by atoms with Crippen LogP contribution in [0, 0.1) is 6.92 Å². The van der Waals surface area contributed by atoms with Crippen LogP contribution in [-0.2, 0) is 16.1 Å². The summed E-state index contributed by atoms with van der Waals surface area (Å²) in [6.07, 6.45) is 1.88. The first-order chi connectivity index (χ1) is 10.5. The van der Waals surface area contributed by atoms with Crippen molar-refractivity contribution < 1.29 is 9.59 Å². The van der Waals surface area contributed by atoms with Crippen molar-refractivity contribution in [2.45, 2.75) is 59.5 Å². The molecule has 0 fully saturated rings. The summed E-state index contributed by atoms with van der Waals surface area (Å²) in [7, 11) is 0. The highest BCUT2D eigenvalue weighted by molar-refractivity contribution is 5.87. The van der Waals surface area contributed by atoms with Gasteiger partial charge in [-0.25, -0.2) is 0 Å². The van der Waals surface area contributed by atoms with Gasteiger partial charge in [-0.15, -0.1) is 0 Å². The summed E-state index contributed by atoms with van der Waals surface area (Å²) < 4.78 is 0. The maximum Gasteiger partial charge on any atom is 0.242 e. The highest BCUT2D eigenvalue weighted by Gasteiger charge is 2.27. The molecule has 0 saturated carbocycles. The number of nitrogens with zero attached hydrogens (tertiary/aromatic N) is 1. The molecule has 0 spiro atoms. The van der Waals surface area contributed by atoms with E-state index in [1.165, 1.54) is 0 Å². The summed E-state index contributed by atoms with van der Waals surface area (Å²) in [6.45, 7) is 8.91. The smallest absolute Gasteiger partial charge is 0.242 e. The minimum absolute atomic E-state index is 0.0436. The van der Waals surface area contributed by atoms with Gasteiger partial charge in [-0.3, -0.25) is 9.59 Å². The summed E-state index contributed by atoms with van der Waals surface area (Å²) in [5, 5.41) is 2.84. The summed E-state index contributed by atoms with van der Waals surface area (Å²) in [5.41, 5.74) is 2.22. The van der Waals surface area contributed by atoms with Crippen LogP contribution < -0.4 is 5.32 Å². The molecule has 0 saturated heterocycles. The van der Waals surface area contributed by atoms with Crippen LogP contribution in [0.5, 0.6) is 0 Å². The molecule has 0 bridgehead atoms. The molecular formula is C18H28N2O2. The first-order valence-corrected chi connectivity index (χ1v) is 8.16. The molecule has 0 unspecified atom stereocenters. The molecule has 0 aromatic heterocycles. The van der Waals surface area contributed by atoms with Crippen molar-refractivity contribution >= 4 is 11.8 Å². The van der Waals surface area contributed by atoms with Crippen LogP contribution in [0.4, 0.5) is 0 Å². The Bertz CT molecular complexity index is 500. The molecular weight excluding hydrogens is 276 g/mol. The molecule has 1 aromatic rings. The molecule has 1 aromatic carbocycles. The Morgan fingerprint density at radius 1 is 1.23 bits per heavy atom. The third-order valence-electron chi connectivity index (χ3n) is 3.64. The van der Waals surface area contributed by atoms with Crippen molar-refractivity contribution in [3.8, 4) is 0 Å². The van der Waals surface area contributed by atoms with E-state index in [0.717, 1.165) is 17.5 Å². The lowest BCUT2D eigenvalue weighted by Gasteiger charge is -2.30. The fraction of sp³-hybridized carbons (Fsp3) is 0.556. The molecule has 2 amide bonds. The molecule has 122 valence electrons. The maximum atomic E-state index is 12.5. The first-order valence-electron chi connectivity index (χ1n) is 8.16. The average molecular weight is 304 g/mol. The van der Waals surface area contributed by atoms with Crippen LogP contribution in [0.1, 0.15) is 51.2 Å². The Kier molecular flexibility index (Phi) is 7.64.